The molecule has 23 heavy (non-hydrogen) atoms. The molecule has 6 heteroatoms. The van der Waals surface area contributed by atoms with E-state index in [-0.39, 0.29) is 4.90 Å². The van der Waals surface area contributed by atoms with Gasteiger partial charge < -0.3 is 4.74 Å². The van der Waals surface area contributed by atoms with Crippen molar-refractivity contribution in [1.29, 1.82) is 0 Å². The van der Waals surface area contributed by atoms with Gasteiger partial charge in [0.1, 0.15) is 12.4 Å². The third-order valence-corrected chi connectivity index (χ3v) is 4.63. The van der Waals surface area contributed by atoms with E-state index in [0.717, 1.165) is 22.4 Å². The van der Waals surface area contributed by atoms with E-state index in [1.54, 1.807) is 24.3 Å². The molecule has 0 amide bonds. The van der Waals surface area contributed by atoms with Crippen LogP contribution in [0.4, 0.5) is 0 Å². The highest BCUT2D eigenvalue weighted by Gasteiger charge is 2.13. The van der Waals surface area contributed by atoms with Crippen molar-refractivity contribution in [2.45, 2.75) is 11.8 Å². The van der Waals surface area contributed by atoms with Gasteiger partial charge in [0.15, 0.2) is 0 Å². The number of hydrogen-bond acceptors (Lipinski definition) is 4. The Balaban J connectivity index is 1.72. The van der Waals surface area contributed by atoms with Crippen molar-refractivity contribution < 1.29 is 13.2 Å². The maximum atomic E-state index is 12.1. The highest BCUT2D eigenvalue weighted by atomic mass is 32.2. The Morgan fingerprint density at radius 3 is 2.65 bits per heavy atom. The van der Waals surface area contributed by atoms with Gasteiger partial charge in [0.25, 0.3) is 10.0 Å². The average molecular weight is 328 g/mol. The van der Waals surface area contributed by atoms with Crippen LogP contribution in [0, 0.1) is 6.92 Å². The van der Waals surface area contributed by atoms with Crippen LogP contribution in [-0.2, 0) is 10.0 Å². The standard InChI is InChI=1S/C17H16N2O3S/c1-13-6-8-16(9-7-13)23(20,21)19-18-11-14-10-15-4-2-3-5-17(15)22-12-14/h2-11,19H,12H2,1H3/b18-11+. The molecular formula is C17H16N2O3S. The molecule has 0 saturated carbocycles. The number of para-hydroxylation sites is 1. The largest absolute Gasteiger partial charge is 0.488 e. The summed E-state index contributed by atoms with van der Waals surface area (Å²) in [5, 5.41) is 3.83. The lowest BCUT2D eigenvalue weighted by Gasteiger charge is -2.15. The lowest BCUT2D eigenvalue weighted by molar-refractivity contribution is 0.353. The van der Waals surface area contributed by atoms with Gasteiger partial charge >= 0.3 is 0 Å². The predicted octanol–water partition coefficient (Wildman–Crippen LogP) is 2.74. The SMILES string of the molecule is Cc1ccc(S(=O)(=O)N/N=C/C2=Cc3ccccc3OC2)cc1. The molecule has 2 aromatic rings. The fourth-order valence-electron chi connectivity index (χ4n) is 2.16. The van der Waals surface area contributed by atoms with Crippen molar-refractivity contribution in [2.75, 3.05) is 6.61 Å². The summed E-state index contributed by atoms with van der Waals surface area (Å²) in [5.41, 5.74) is 2.73. The number of fused-ring (bicyclic) bond motifs is 1. The van der Waals surface area contributed by atoms with E-state index in [0.29, 0.717) is 6.61 Å². The molecule has 0 spiro atoms. The fourth-order valence-corrected chi connectivity index (χ4v) is 2.95. The molecule has 0 saturated heterocycles. The quantitative estimate of drug-likeness (QED) is 0.693. The summed E-state index contributed by atoms with van der Waals surface area (Å²) in [6.07, 6.45) is 3.38. The maximum absolute atomic E-state index is 12.1. The minimum atomic E-state index is -3.65. The summed E-state index contributed by atoms with van der Waals surface area (Å²) >= 11 is 0. The lowest BCUT2D eigenvalue weighted by atomic mass is 10.1. The van der Waals surface area contributed by atoms with Gasteiger partial charge in [-0.2, -0.15) is 13.5 Å². The van der Waals surface area contributed by atoms with Crippen LogP contribution in [0.3, 0.4) is 0 Å². The van der Waals surface area contributed by atoms with Crippen LogP contribution < -0.4 is 9.57 Å². The van der Waals surface area contributed by atoms with E-state index in [9.17, 15) is 8.42 Å². The number of rotatable bonds is 4. The normalized spacial score (nSPS) is 14.0. The Morgan fingerprint density at radius 2 is 1.87 bits per heavy atom. The highest BCUT2D eigenvalue weighted by molar-refractivity contribution is 7.89. The number of benzene rings is 2. The number of sulfonamides is 1. The zero-order valence-corrected chi connectivity index (χ0v) is 13.4. The number of ether oxygens (including phenoxy) is 1. The third-order valence-electron chi connectivity index (χ3n) is 3.39. The molecule has 1 N–H and O–H groups in total. The average Bonchev–Trinajstić information content (AvgIpc) is 2.55. The molecular weight excluding hydrogens is 312 g/mol. The van der Waals surface area contributed by atoms with Crippen molar-refractivity contribution in [2.24, 2.45) is 5.10 Å². The molecule has 0 radical (unpaired) electrons. The molecule has 0 fully saturated rings. The third kappa shape index (κ3) is 3.60. The van der Waals surface area contributed by atoms with Crippen molar-refractivity contribution in [3.63, 3.8) is 0 Å². The van der Waals surface area contributed by atoms with Gasteiger partial charge in [-0.3, -0.25) is 0 Å². The molecule has 3 rings (SSSR count). The summed E-state index contributed by atoms with van der Waals surface area (Å²) in [5.74, 6) is 0.810. The summed E-state index contributed by atoms with van der Waals surface area (Å²) in [7, 11) is -3.65. The summed E-state index contributed by atoms with van der Waals surface area (Å²) in [6.45, 7) is 2.25. The second-order valence-corrected chi connectivity index (χ2v) is 6.87. The van der Waals surface area contributed by atoms with Gasteiger partial charge in [-0.05, 0) is 31.2 Å². The number of nitrogens with one attached hydrogen (secondary N) is 1. The first-order valence-electron chi connectivity index (χ1n) is 7.08. The van der Waals surface area contributed by atoms with Crippen molar-refractivity contribution in [1.82, 2.24) is 4.83 Å². The highest BCUT2D eigenvalue weighted by Crippen LogP contribution is 2.24. The Hall–Kier alpha value is -2.60. The molecule has 118 valence electrons. The summed E-state index contributed by atoms with van der Waals surface area (Å²) in [6, 6.07) is 14.2. The van der Waals surface area contributed by atoms with Gasteiger partial charge in [0.05, 0.1) is 11.1 Å². The minimum Gasteiger partial charge on any atom is -0.488 e. The van der Waals surface area contributed by atoms with Crippen molar-refractivity contribution in [3.05, 3.63) is 65.2 Å². The molecule has 2 aromatic carbocycles. The van der Waals surface area contributed by atoms with Crippen LogP contribution in [0.2, 0.25) is 0 Å². The zero-order valence-electron chi connectivity index (χ0n) is 12.6. The van der Waals surface area contributed by atoms with Crippen LogP contribution in [0.5, 0.6) is 5.75 Å². The van der Waals surface area contributed by atoms with E-state index in [1.165, 1.54) is 6.21 Å². The molecule has 0 atom stereocenters. The van der Waals surface area contributed by atoms with Gasteiger partial charge in [-0.15, -0.1) is 0 Å². The van der Waals surface area contributed by atoms with Crippen LogP contribution >= 0.6 is 0 Å². The number of nitrogens with zero attached hydrogens (tertiary/aromatic N) is 1. The van der Waals surface area contributed by atoms with Gasteiger partial charge in [0, 0.05) is 11.1 Å². The fraction of sp³-hybridized carbons (Fsp3) is 0.118. The van der Waals surface area contributed by atoms with Crippen LogP contribution in [-0.4, -0.2) is 21.2 Å². The van der Waals surface area contributed by atoms with E-state index < -0.39 is 10.0 Å². The smallest absolute Gasteiger partial charge is 0.276 e. The molecule has 0 bridgehead atoms. The molecule has 1 aliphatic heterocycles. The second kappa shape index (κ2) is 6.26. The molecule has 1 heterocycles. The molecule has 1 aliphatic rings. The molecule has 0 aliphatic carbocycles. The Morgan fingerprint density at radius 1 is 1.13 bits per heavy atom. The maximum Gasteiger partial charge on any atom is 0.276 e. The van der Waals surface area contributed by atoms with E-state index in [4.69, 9.17) is 4.74 Å². The van der Waals surface area contributed by atoms with Crippen molar-refractivity contribution in [3.8, 4) is 5.75 Å². The van der Waals surface area contributed by atoms with Gasteiger partial charge in [0.2, 0.25) is 0 Å². The Kier molecular flexibility index (Phi) is 4.16. The van der Waals surface area contributed by atoms with Gasteiger partial charge in [-0.1, -0.05) is 35.9 Å². The molecule has 5 nitrogen and oxygen atoms in total. The van der Waals surface area contributed by atoms with E-state index in [2.05, 4.69) is 9.93 Å². The number of hydrazone groups is 1. The number of aryl methyl sites for hydroxylation is 1. The first kappa shape index (κ1) is 15.3. The second-order valence-electron chi connectivity index (χ2n) is 5.21. The molecule has 0 aromatic heterocycles. The predicted molar refractivity (Wildman–Crippen MR) is 89.9 cm³/mol. The minimum absolute atomic E-state index is 0.180. The Labute approximate surface area is 135 Å². The lowest BCUT2D eigenvalue weighted by Crippen LogP contribution is -2.19. The van der Waals surface area contributed by atoms with Crippen molar-refractivity contribution >= 4 is 22.3 Å². The van der Waals surface area contributed by atoms with E-state index in [1.807, 2.05) is 37.3 Å². The van der Waals surface area contributed by atoms with Gasteiger partial charge in [-0.25, -0.2) is 4.83 Å². The Bertz CT molecular complexity index is 869. The van der Waals surface area contributed by atoms with Crippen LogP contribution in [0.1, 0.15) is 11.1 Å². The monoisotopic (exact) mass is 328 g/mol. The van der Waals surface area contributed by atoms with E-state index >= 15 is 0 Å². The summed E-state index contributed by atoms with van der Waals surface area (Å²) in [4.78, 5) is 2.39. The summed E-state index contributed by atoms with van der Waals surface area (Å²) < 4.78 is 29.8. The first-order valence-corrected chi connectivity index (χ1v) is 8.57. The topological polar surface area (TPSA) is 67.8 Å². The number of hydrogen-bond donors (Lipinski definition) is 1. The zero-order chi connectivity index (χ0) is 16.3. The molecule has 0 unspecified atom stereocenters. The first-order chi connectivity index (χ1) is 11.0. The van der Waals surface area contributed by atoms with Crippen LogP contribution in [0.25, 0.3) is 6.08 Å². The van der Waals surface area contributed by atoms with Crippen LogP contribution in [0.15, 0.2) is 64.1 Å².